The Labute approximate surface area is 161 Å². The van der Waals surface area contributed by atoms with Crippen LogP contribution in [0.5, 0.6) is 5.75 Å². The summed E-state index contributed by atoms with van der Waals surface area (Å²) in [5.41, 5.74) is 0.249. The van der Waals surface area contributed by atoms with E-state index in [0.717, 1.165) is 0 Å². The molecule has 1 aromatic carbocycles. The fourth-order valence-electron chi connectivity index (χ4n) is 2.05. The molecule has 2 rings (SSSR count). The Kier molecular flexibility index (Phi) is 7.35. The first-order valence-corrected chi connectivity index (χ1v) is 9.09. The summed E-state index contributed by atoms with van der Waals surface area (Å²) in [6.45, 7) is 2.59. The number of aromatic nitrogens is 2. The number of imidazole rings is 1. The van der Waals surface area contributed by atoms with Crippen LogP contribution < -0.4 is 4.74 Å². The maximum absolute atomic E-state index is 12.4. The normalized spacial score (nSPS) is 11.7. The van der Waals surface area contributed by atoms with E-state index in [2.05, 4.69) is 14.7 Å². The topological polar surface area (TPSA) is 84.5 Å². The van der Waals surface area contributed by atoms with Crippen molar-refractivity contribution in [2.45, 2.75) is 17.3 Å². The van der Waals surface area contributed by atoms with Crippen LogP contribution in [0.1, 0.15) is 17.4 Å². The van der Waals surface area contributed by atoms with E-state index in [0.29, 0.717) is 29.1 Å². The number of rotatable bonds is 8. The number of likely N-dealkylation sites (N-methyl/N-ethyl adjacent to an activating group) is 1. The molecular weight excluding hydrogens is 378 g/mol. The summed E-state index contributed by atoms with van der Waals surface area (Å²) < 4.78 is 10.2. The number of methoxy groups -OCH3 is 1. The van der Waals surface area contributed by atoms with Gasteiger partial charge < -0.3 is 19.4 Å². The molecule has 26 heavy (non-hydrogen) atoms. The first-order valence-electron chi connectivity index (χ1n) is 7.84. The Morgan fingerprint density at radius 2 is 2.04 bits per heavy atom. The summed E-state index contributed by atoms with van der Waals surface area (Å²) in [5.74, 6) is 0.133. The molecule has 0 bridgehead atoms. The number of hydrogen-bond donors (Lipinski definition) is 1. The monoisotopic (exact) mass is 397 g/mol. The van der Waals surface area contributed by atoms with Crippen LogP contribution >= 0.6 is 23.4 Å². The van der Waals surface area contributed by atoms with E-state index in [1.165, 1.54) is 25.1 Å². The number of halogens is 1. The molecule has 2 aromatic rings. The number of nitrogens with zero attached hydrogens (tertiary/aromatic N) is 2. The van der Waals surface area contributed by atoms with Crippen LogP contribution in [-0.2, 0) is 9.53 Å². The summed E-state index contributed by atoms with van der Waals surface area (Å²) in [6, 6.07) is 7.05. The van der Waals surface area contributed by atoms with Crippen molar-refractivity contribution < 1.29 is 19.1 Å². The summed E-state index contributed by atoms with van der Waals surface area (Å²) in [7, 11) is 3.01. The molecule has 0 aliphatic carbocycles. The van der Waals surface area contributed by atoms with Gasteiger partial charge in [-0.25, -0.2) is 9.78 Å². The van der Waals surface area contributed by atoms with E-state index in [-0.39, 0.29) is 16.9 Å². The summed E-state index contributed by atoms with van der Waals surface area (Å²) in [4.78, 5) is 32.3. The van der Waals surface area contributed by atoms with E-state index in [1.807, 2.05) is 0 Å². The molecule has 7 nitrogen and oxygen atoms in total. The van der Waals surface area contributed by atoms with Crippen molar-refractivity contribution in [2.24, 2.45) is 0 Å². The highest BCUT2D eigenvalue weighted by molar-refractivity contribution is 8.00. The molecular formula is C17H20ClN3O4S. The lowest BCUT2D eigenvalue weighted by Crippen LogP contribution is -2.36. The van der Waals surface area contributed by atoms with Crippen LogP contribution in [0.15, 0.2) is 35.6 Å². The van der Waals surface area contributed by atoms with E-state index >= 15 is 0 Å². The van der Waals surface area contributed by atoms with Gasteiger partial charge >= 0.3 is 5.97 Å². The van der Waals surface area contributed by atoms with Crippen molar-refractivity contribution >= 4 is 35.2 Å². The number of nitrogens with one attached hydrogen (secondary N) is 1. The molecule has 1 atom stereocenters. The predicted octanol–water partition coefficient (Wildman–Crippen LogP) is 2.87. The molecule has 0 saturated heterocycles. The number of hydrogen-bond acceptors (Lipinski definition) is 6. The largest absolute Gasteiger partial charge is 0.492 e. The molecule has 1 heterocycles. The Morgan fingerprint density at radius 1 is 1.35 bits per heavy atom. The van der Waals surface area contributed by atoms with E-state index in [4.69, 9.17) is 16.3 Å². The highest BCUT2D eigenvalue weighted by Crippen LogP contribution is 2.21. The first kappa shape index (κ1) is 20.1. The van der Waals surface area contributed by atoms with Gasteiger partial charge in [-0.05, 0) is 31.2 Å². The number of esters is 1. The molecule has 0 fully saturated rings. The highest BCUT2D eigenvalue weighted by Gasteiger charge is 2.20. The molecule has 0 aliphatic heterocycles. The average molecular weight is 398 g/mol. The minimum Gasteiger partial charge on any atom is -0.492 e. The fraction of sp³-hybridized carbons (Fsp3) is 0.353. The second-order valence-corrected chi connectivity index (χ2v) is 7.18. The number of thioether (sulfide) groups is 1. The van der Waals surface area contributed by atoms with Crippen LogP contribution in [0.3, 0.4) is 0 Å². The lowest BCUT2D eigenvalue weighted by atomic mass is 10.3. The molecule has 9 heteroatoms. The van der Waals surface area contributed by atoms with Gasteiger partial charge in [0.05, 0.1) is 25.1 Å². The van der Waals surface area contributed by atoms with Crippen molar-refractivity contribution in [3.63, 3.8) is 0 Å². The minimum atomic E-state index is -0.500. The SMILES string of the molecule is COC(=O)c1cnc(SC(C)C(=O)N(C)CCOc2ccc(Cl)cc2)[nH]1. The van der Waals surface area contributed by atoms with Crippen LogP contribution in [0.2, 0.25) is 5.02 Å². The minimum absolute atomic E-state index is 0.0641. The van der Waals surface area contributed by atoms with E-state index in [9.17, 15) is 9.59 Å². The van der Waals surface area contributed by atoms with Gasteiger partial charge in [-0.3, -0.25) is 4.79 Å². The summed E-state index contributed by atoms with van der Waals surface area (Å²) in [5, 5.41) is 0.757. The number of aromatic amines is 1. The van der Waals surface area contributed by atoms with Gasteiger partial charge in [0.2, 0.25) is 5.91 Å². The average Bonchev–Trinajstić information content (AvgIpc) is 3.10. The van der Waals surface area contributed by atoms with Crippen LogP contribution in [0, 0.1) is 0 Å². The molecule has 1 amide bonds. The second kappa shape index (κ2) is 9.49. The van der Waals surface area contributed by atoms with Crippen LogP contribution in [0.25, 0.3) is 0 Å². The van der Waals surface area contributed by atoms with Gasteiger partial charge in [-0.2, -0.15) is 0 Å². The third kappa shape index (κ3) is 5.67. The van der Waals surface area contributed by atoms with Crippen molar-refractivity contribution in [3.8, 4) is 5.75 Å². The number of carbonyl (C=O) groups is 2. The molecule has 0 radical (unpaired) electrons. The van der Waals surface area contributed by atoms with E-state index < -0.39 is 5.97 Å². The van der Waals surface area contributed by atoms with Gasteiger partial charge in [-0.15, -0.1) is 0 Å². The maximum Gasteiger partial charge on any atom is 0.356 e. The van der Waals surface area contributed by atoms with Crippen molar-refractivity contribution in [1.82, 2.24) is 14.9 Å². The Balaban J connectivity index is 1.80. The van der Waals surface area contributed by atoms with E-state index in [1.54, 1.807) is 43.1 Å². The van der Waals surface area contributed by atoms with Crippen LogP contribution in [-0.4, -0.2) is 59.3 Å². The third-order valence-electron chi connectivity index (χ3n) is 3.48. The summed E-state index contributed by atoms with van der Waals surface area (Å²) >= 11 is 7.06. The second-order valence-electron chi connectivity index (χ2n) is 5.42. The zero-order valence-electron chi connectivity index (χ0n) is 14.7. The lowest BCUT2D eigenvalue weighted by molar-refractivity contribution is -0.129. The molecule has 1 N–H and O–H groups in total. The number of benzene rings is 1. The molecule has 0 spiro atoms. The first-order chi connectivity index (χ1) is 12.4. The van der Waals surface area contributed by atoms with Gasteiger partial charge in [-0.1, -0.05) is 23.4 Å². The van der Waals surface area contributed by atoms with Gasteiger partial charge in [0.1, 0.15) is 18.1 Å². The summed E-state index contributed by atoms with van der Waals surface area (Å²) in [6.07, 6.45) is 1.38. The van der Waals surface area contributed by atoms with Crippen LogP contribution in [0.4, 0.5) is 0 Å². The Hall–Kier alpha value is -2.19. The predicted molar refractivity (Wildman–Crippen MR) is 99.8 cm³/mol. The van der Waals surface area contributed by atoms with Gasteiger partial charge in [0.15, 0.2) is 5.16 Å². The highest BCUT2D eigenvalue weighted by atomic mass is 35.5. The van der Waals surface area contributed by atoms with Crippen molar-refractivity contribution in [2.75, 3.05) is 27.3 Å². The maximum atomic E-state index is 12.4. The Morgan fingerprint density at radius 3 is 2.69 bits per heavy atom. The van der Waals surface area contributed by atoms with Gasteiger partial charge in [0, 0.05) is 12.1 Å². The number of ether oxygens (including phenoxy) is 2. The smallest absolute Gasteiger partial charge is 0.356 e. The molecule has 1 unspecified atom stereocenters. The molecule has 1 aromatic heterocycles. The zero-order valence-corrected chi connectivity index (χ0v) is 16.3. The fourth-order valence-corrected chi connectivity index (χ4v) is 3.07. The molecule has 0 aliphatic rings. The van der Waals surface area contributed by atoms with Gasteiger partial charge in [0.25, 0.3) is 0 Å². The quantitative estimate of drug-likeness (QED) is 0.544. The Bertz CT molecular complexity index is 751. The molecule has 140 valence electrons. The van der Waals surface area contributed by atoms with Crippen molar-refractivity contribution in [3.05, 3.63) is 41.2 Å². The zero-order chi connectivity index (χ0) is 19.1. The standard InChI is InChI=1S/C17H20ClN3O4S/c1-11(26-17-19-10-14(20-17)16(23)24-3)15(22)21(2)8-9-25-13-6-4-12(18)5-7-13/h4-7,10-11H,8-9H2,1-3H3,(H,19,20). The van der Waals surface area contributed by atoms with Crippen molar-refractivity contribution in [1.29, 1.82) is 0 Å². The third-order valence-corrected chi connectivity index (χ3v) is 4.72. The lowest BCUT2D eigenvalue weighted by Gasteiger charge is -2.20. The number of amides is 1. The number of H-pyrrole nitrogens is 1. The molecule has 0 saturated carbocycles. The number of carbonyl (C=O) groups excluding carboxylic acids is 2.